The largest absolute Gasteiger partial charge is 0.449 e. The van der Waals surface area contributed by atoms with Gasteiger partial charge in [0.25, 0.3) is 0 Å². The van der Waals surface area contributed by atoms with E-state index in [4.69, 9.17) is 4.98 Å². The van der Waals surface area contributed by atoms with Crippen LogP contribution in [0.2, 0.25) is 0 Å². The van der Waals surface area contributed by atoms with Gasteiger partial charge in [-0.25, -0.2) is 15.0 Å². The Morgan fingerprint density at radius 3 is 1.54 bits per heavy atom. The fraction of sp³-hybridized carbons (Fsp3) is 0.0357. The minimum atomic E-state index is -4.53. The maximum atomic E-state index is 13.0. The fourth-order valence-electron chi connectivity index (χ4n) is 4.54. The molecule has 7 aromatic rings. The Kier molecular flexibility index (Phi) is 4.50. The second-order valence-corrected chi connectivity index (χ2v) is 8.82. The summed E-state index contributed by atoms with van der Waals surface area (Å²) in [4.78, 5) is 22.0. The van der Waals surface area contributed by atoms with Gasteiger partial charge in [0.05, 0.1) is 33.1 Å². The summed E-state index contributed by atoms with van der Waals surface area (Å²) in [5, 5.41) is 0. The zero-order chi connectivity index (χ0) is 25.1. The smallest absolute Gasteiger partial charge is 0.338 e. The molecule has 0 aliphatic rings. The fourth-order valence-corrected chi connectivity index (χ4v) is 4.54. The number of alkyl halides is 3. The van der Waals surface area contributed by atoms with Gasteiger partial charge in [-0.05, 0) is 59.7 Å². The van der Waals surface area contributed by atoms with E-state index in [0.29, 0.717) is 16.9 Å². The lowest BCUT2D eigenvalue weighted by molar-refractivity contribution is -0.144. The lowest BCUT2D eigenvalue weighted by Crippen LogP contribution is -2.06. The molecule has 0 atom stereocenters. The van der Waals surface area contributed by atoms with Crippen molar-refractivity contribution >= 4 is 33.1 Å². The van der Waals surface area contributed by atoms with Crippen LogP contribution in [0.1, 0.15) is 5.82 Å². The van der Waals surface area contributed by atoms with E-state index >= 15 is 0 Å². The SMILES string of the molecule is FC(F)(F)c1nc2ccc(-c3nc4ccc(-c5nc6ccc(-c7ccccc7)cc6[nH]5)cc4[nH]3)cc2[nH]1. The molecule has 0 saturated carbocycles. The Bertz CT molecular complexity index is 1930. The van der Waals surface area contributed by atoms with E-state index in [0.717, 1.165) is 44.6 Å². The summed E-state index contributed by atoms with van der Waals surface area (Å²) in [5.41, 5.74) is 7.65. The minimum Gasteiger partial charge on any atom is -0.338 e. The van der Waals surface area contributed by atoms with Crippen molar-refractivity contribution < 1.29 is 13.2 Å². The van der Waals surface area contributed by atoms with Crippen molar-refractivity contribution in [1.82, 2.24) is 29.9 Å². The van der Waals surface area contributed by atoms with Gasteiger partial charge in [-0.1, -0.05) is 36.4 Å². The van der Waals surface area contributed by atoms with Crippen molar-refractivity contribution in [2.45, 2.75) is 6.18 Å². The summed E-state index contributed by atoms with van der Waals surface area (Å²) in [6, 6.07) is 27.0. The average Bonchev–Trinajstić information content (AvgIpc) is 3.63. The lowest BCUT2D eigenvalue weighted by atomic mass is 10.1. The Hall–Kier alpha value is -4.92. The topological polar surface area (TPSA) is 86.0 Å². The normalized spacial score (nSPS) is 12.2. The molecule has 3 heterocycles. The molecule has 7 rings (SSSR count). The van der Waals surface area contributed by atoms with Crippen LogP contribution < -0.4 is 0 Å². The van der Waals surface area contributed by atoms with Crippen molar-refractivity contribution in [3.05, 3.63) is 90.8 Å². The van der Waals surface area contributed by atoms with Crippen molar-refractivity contribution in [2.75, 3.05) is 0 Å². The first-order valence-corrected chi connectivity index (χ1v) is 11.5. The quantitative estimate of drug-likeness (QED) is 0.240. The van der Waals surface area contributed by atoms with Gasteiger partial charge < -0.3 is 15.0 Å². The third kappa shape index (κ3) is 3.72. The van der Waals surface area contributed by atoms with Crippen LogP contribution in [0.25, 0.3) is 67.0 Å². The highest BCUT2D eigenvalue weighted by atomic mass is 19.4. The molecule has 3 aromatic heterocycles. The number of aromatic amines is 3. The van der Waals surface area contributed by atoms with Crippen LogP contribution in [-0.4, -0.2) is 29.9 Å². The number of hydrogen-bond acceptors (Lipinski definition) is 3. The van der Waals surface area contributed by atoms with E-state index < -0.39 is 12.0 Å². The summed E-state index contributed by atoms with van der Waals surface area (Å²) in [5.74, 6) is 0.266. The predicted octanol–water partition coefficient (Wildman–Crippen LogP) is 7.34. The number of imidazole rings is 3. The van der Waals surface area contributed by atoms with E-state index in [-0.39, 0.29) is 5.52 Å². The van der Waals surface area contributed by atoms with Gasteiger partial charge >= 0.3 is 6.18 Å². The maximum Gasteiger partial charge on any atom is 0.449 e. The molecule has 0 bridgehead atoms. The number of H-pyrrole nitrogens is 3. The molecule has 0 fully saturated rings. The van der Waals surface area contributed by atoms with E-state index in [9.17, 15) is 13.2 Å². The number of rotatable bonds is 3. The molecule has 3 N–H and O–H groups in total. The minimum absolute atomic E-state index is 0.245. The number of benzene rings is 4. The van der Waals surface area contributed by atoms with Crippen LogP contribution >= 0.6 is 0 Å². The molecule has 180 valence electrons. The van der Waals surface area contributed by atoms with Gasteiger partial charge in [0.1, 0.15) is 11.6 Å². The predicted molar refractivity (Wildman–Crippen MR) is 137 cm³/mol. The Morgan fingerprint density at radius 2 is 0.973 bits per heavy atom. The highest BCUT2D eigenvalue weighted by molar-refractivity contribution is 5.88. The molecule has 4 aromatic carbocycles. The van der Waals surface area contributed by atoms with Crippen LogP contribution in [0.5, 0.6) is 0 Å². The van der Waals surface area contributed by atoms with Crippen LogP contribution in [-0.2, 0) is 6.18 Å². The first kappa shape index (κ1) is 21.4. The number of nitrogens with one attached hydrogen (secondary N) is 3. The maximum absolute atomic E-state index is 13.0. The standard InChI is InChI=1S/C28H17F3N6/c29-28(30,31)27-36-21-11-8-18(14-24(21)37-27)26-33-20-10-7-17(13-23(20)35-26)25-32-19-9-6-16(12-22(19)34-25)15-4-2-1-3-5-15/h1-14H,(H,32,34)(H,33,35)(H,36,37). The van der Waals surface area contributed by atoms with E-state index in [1.54, 1.807) is 18.2 Å². The van der Waals surface area contributed by atoms with Crippen molar-refractivity contribution in [2.24, 2.45) is 0 Å². The van der Waals surface area contributed by atoms with Gasteiger partial charge in [0, 0.05) is 11.1 Å². The molecule has 0 spiro atoms. The Balaban J connectivity index is 1.24. The summed E-state index contributed by atoms with van der Waals surface area (Å²) in [7, 11) is 0. The van der Waals surface area contributed by atoms with Crippen molar-refractivity contribution in [3.8, 4) is 33.9 Å². The van der Waals surface area contributed by atoms with Crippen LogP contribution in [0.15, 0.2) is 84.9 Å². The van der Waals surface area contributed by atoms with E-state index in [1.807, 2.05) is 42.5 Å². The van der Waals surface area contributed by atoms with Gasteiger partial charge in [-0.15, -0.1) is 0 Å². The Morgan fingerprint density at radius 1 is 0.486 bits per heavy atom. The van der Waals surface area contributed by atoms with Gasteiger partial charge in [-0.2, -0.15) is 13.2 Å². The molecule has 0 amide bonds. The molecular formula is C28H17F3N6. The molecule has 37 heavy (non-hydrogen) atoms. The van der Waals surface area contributed by atoms with Gasteiger partial charge in [0.2, 0.25) is 5.82 Å². The first-order chi connectivity index (χ1) is 17.9. The van der Waals surface area contributed by atoms with E-state index in [1.165, 1.54) is 0 Å². The number of nitrogens with zero attached hydrogens (tertiary/aromatic N) is 3. The van der Waals surface area contributed by atoms with Gasteiger partial charge in [-0.3, -0.25) is 0 Å². The van der Waals surface area contributed by atoms with Gasteiger partial charge in [0.15, 0.2) is 0 Å². The highest BCUT2D eigenvalue weighted by Crippen LogP contribution is 2.31. The monoisotopic (exact) mass is 494 g/mol. The summed E-state index contributed by atoms with van der Waals surface area (Å²) in [6.45, 7) is 0. The summed E-state index contributed by atoms with van der Waals surface area (Å²) < 4.78 is 39.0. The number of halogens is 3. The summed E-state index contributed by atoms with van der Waals surface area (Å²) >= 11 is 0. The molecule has 0 unspecified atom stereocenters. The molecular weight excluding hydrogens is 477 g/mol. The average molecular weight is 494 g/mol. The molecule has 0 saturated heterocycles. The zero-order valence-corrected chi connectivity index (χ0v) is 19.1. The third-order valence-corrected chi connectivity index (χ3v) is 6.37. The molecule has 0 radical (unpaired) electrons. The van der Waals surface area contributed by atoms with E-state index in [2.05, 4.69) is 49.2 Å². The zero-order valence-electron chi connectivity index (χ0n) is 19.1. The molecule has 0 aliphatic heterocycles. The second-order valence-electron chi connectivity index (χ2n) is 8.82. The van der Waals surface area contributed by atoms with Crippen molar-refractivity contribution in [1.29, 1.82) is 0 Å². The number of aromatic nitrogens is 6. The lowest BCUT2D eigenvalue weighted by Gasteiger charge is -2.00. The third-order valence-electron chi connectivity index (χ3n) is 6.37. The van der Waals surface area contributed by atoms with Crippen LogP contribution in [0.3, 0.4) is 0 Å². The first-order valence-electron chi connectivity index (χ1n) is 11.5. The number of hydrogen-bond donors (Lipinski definition) is 3. The Labute approximate surface area is 207 Å². The molecule has 6 nitrogen and oxygen atoms in total. The summed E-state index contributed by atoms with van der Waals surface area (Å²) in [6.07, 6.45) is -4.53. The van der Waals surface area contributed by atoms with Crippen LogP contribution in [0.4, 0.5) is 13.2 Å². The molecule has 0 aliphatic carbocycles. The second kappa shape index (κ2) is 7.79. The van der Waals surface area contributed by atoms with Crippen molar-refractivity contribution in [3.63, 3.8) is 0 Å². The van der Waals surface area contributed by atoms with Crippen LogP contribution in [0, 0.1) is 0 Å². The number of fused-ring (bicyclic) bond motifs is 3. The molecule has 9 heteroatoms. The highest BCUT2D eigenvalue weighted by Gasteiger charge is 2.34.